The van der Waals surface area contributed by atoms with Gasteiger partial charge in [-0.2, -0.15) is 0 Å². The third-order valence-electron chi connectivity index (χ3n) is 5.11. The second-order valence-electron chi connectivity index (χ2n) is 7.63. The maximum atomic E-state index is 12.7. The van der Waals surface area contributed by atoms with E-state index in [-0.39, 0.29) is 17.7 Å². The van der Waals surface area contributed by atoms with Crippen LogP contribution >= 0.6 is 0 Å². The highest BCUT2D eigenvalue weighted by atomic mass is 16.5. The lowest BCUT2D eigenvalue weighted by molar-refractivity contribution is -0.127. The number of benzene rings is 2. The van der Waals surface area contributed by atoms with E-state index in [1.165, 1.54) is 6.92 Å². The molecule has 0 saturated carbocycles. The van der Waals surface area contributed by atoms with Crippen molar-refractivity contribution in [1.82, 2.24) is 10.3 Å². The normalized spacial score (nSPS) is 12.4. The van der Waals surface area contributed by atoms with Crippen LogP contribution in [-0.4, -0.2) is 29.9 Å². The molecule has 7 nitrogen and oxygen atoms in total. The molecule has 1 heterocycles. The van der Waals surface area contributed by atoms with E-state index in [1.807, 2.05) is 37.3 Å². The lowest BCUT2D eigenvalue weighted by atomic mass is 10.1. The lowest BCUT2D eigenvalue weighted by Gasteiger charge is -2.20. The van der Waals surface area contributed by atoms with Crippen LogP contribution < -0.4 is 19.5 Å². The van der Waals surface area contributed by atoms with Crippen LogP contribution in [0.5, 0.6) is 17.2 Å². The molecule has 0 spiro atoms. The first kappa shape index (κ1) is 23.8. The van der Waals surface area contributed by atoms with E-state index in [1.54, 1.807) is 50.7 Å². The Morgan fingerprint density at radius 1 is 1.00 bits per heavy atom. The molecule has 3 rings (SSSR count). The standard InChI is InChI=1S/C26H28N2O5/c1-17(28-26(30)19(3)33-23-7-5-6-22(14-23)18(2)29)21-8-9-24(25(15-21)31-4)32-16-20-10-12-27-13-11-20/h5-15,17,19H,16H2,1-4H3,(H,28,30). The van der Waals surface area contributed by atoms with Crippen molar-refractivity contribution in [2.45, 2.75) is 39.5 Å². The summed E-state index contributed by atoms with van der Waals surface area (Å²) in [4.78, 5) is 28.2. The first-order valence-corrected chi connectivity index (χ1v) is 10.6. The smallest absolute Gasteiger partial charge is 0.261 e. The topological polar surface area (TPSA) is 86.8 Å². The first-order valence-electron chi connectivity index (χ1n) is 10.6. The number of nitrogens with one attached hydrogen (secondary N) is 1. The van der Waals surface area contributed by atoms with Crippen molar-refractivity contribution in [3.05, 3.63) is 83.7 Å². The average Bonchev–Trinajstić information content (AvgIpc) is 2.83. The van der Waals surface area contributed by atoms with Gasteiger partial charge in [0.05, 0.1) is 13.2 Å². The highest BCUT2D eigenvalue weighted by Crippen LogP contribution is 2.31. The Hall–Kier alpha value is -3.87. The van der Waals surface area contributed by atoms with Gasteiger partial charge < -0.3 is 19.5 Å². The Bertz CT molecular complexity index is 1100. The van der Waals surface area contributed by atoms with E-state index in [4.69, 9.17) is 14.2 Å². The number of methoxy groups -OCH3 is 1. The Balaban J connectivity index is 1.61. The molecule has 172 valence electrons. The fourth-order valence-corrected chi connectivity index (χ4v) is 3.17. The quantitative estimate of drug-likeness (QED) is 0.459. The van der Waals surface area contributed by atoms with E-state index >= 15 is 0 Å². The number of amides is 1. The second-order valence-corrected chi connectivity index (χ2v) is 7.63. The second kappa shape index (κ2) is 11.1. The van der Waals surface area contributed by atoms with Crippen LogP contribution in [0.3, 0.4) is 0 Å². The highest BCUT2D eigenvalue weighted by molar-refractivity contribution is 5.94. The van der Waals surface area contributed by atoms with Crippen LogP contribution in [0.25, 0.3) is 0 Å². The molecule has 0 radical (unpaired) electrons. The van der Waals surface area contributed by atoms with E-state index in [0.29, 0.717) is 29.4 Å². The molecule has 2 atom stereocenters. The minimum absolute atomic E-state index is 0.0617. The van der Waals surface area contributed by atoms with Gasteiger partial charge in [-0.25, -0.2) is 0 Å². The summed E-state index contributed by atoms with van der Waals surface area (Å²) in [5, 5.41) is 2.95. The molecule has 33 heavy (non-hydrogen) atoms. The zero-order valence-corrected chi connectivity index (χ0v) is 19.2. The molecule has 0 fully saturated rings. The number of Topliss-reactive ketones (excluding diaryl/α,β-unsaturated/α-hetero) is 1. The Kier molecular flexibility index (Phi) is 8.02. The van der Waals surface area contributed by atoms with Crippen molar-refractivity contribution in [1.29, 1.82) is 0 Å². The van der Waals surface area contributed by atoms with Gasteiger partial charge in [0.1, 0.15) is 12.4 Å². The average molecular weight is 449 g/mol. The predicted molar refractivity (Wildman–Crippen MR) is 125 cm³/mol. The maximum absolute atomic E-state index is 12.7. The number of pyridine rings is 1. The van der Waals surface area contributed by atoms with Gasteiger partial charge in [-0.1, -0.05) is 18.2 Å². The summed E-state index contributed by atoms with van der Waals surface area (Å²) in [6.07, 6.45) is 2.70. The van der Waals surface area contributed by atoms with Crippen molar-refractivity contribution in [3.63, 3.8) is 0 Å². The van der Waals surface area contributed by atoms with Crippen molar-refractivity contribution < 1.29 is 23.8 Å². The fourth-order valence-electron chi connectivity index (χ4n) is 3.17. The van der Waals surface area contributed by atoms with Crippen molar-refractivity contribution in [2.24, 2.45) is 0 Å². The third-order valence-corrected chi connectivity index (χ3v) is 5.11. The molecular weight excluding hydrogens is 420 g/mol. The Morgan fingerprint density at radius 3 is 2.45 bits per heavy atom. The molecule has 1 aromatic heterocycles. The third kappa shape index (κ3) is 6.55. The molecule has 2 aromatic carbocycles. The lowest BCUT2D eigenvalue weighted by Crippen LogP contribution is -2.37. The summed E-state index contributed by atoms with van der Waals surface area (Å²) in [5.41, 5.74) is 2.40. The number of carbonyl (C=O) groups excluding carboxylic acids is 2. The van der Waals surface area contributed by atoms with E-state index in [9.17, 15) is 9.59 Å². The van der Waals surface area contributed by atoms with Gasteiger partial charge in [-0.05, 0) is 68.3 Å². The van der Waals surface area contributed by atoms with E-state index < -0.39 is 6.10 Å². The van der Waals surface area contributed by atoms with Crippen LogP contribution in [-0.2, 0) is 11.4 Å². The first-order chi connectivity index (χ1) is 15.9. The van der Waals surface area contributed by atoms with Crippen LogP contribution in [0.4, 0.5) is 0 Å². The van der Waals surface area contributed by atoms with Gasteiger partial charge in [-0.3, -0.25) is 14.6 Å². The number of ether oxygens (including phenoxy) is 3. The minimum atomic E-state index is -0.737. The largest absolute Gasteiger partial charge is 0.493 e. The van der Waals surface area contributed by atoms with Crippen LogP contribution in [0.1, 0.15) is 48.3 Å². The maximum Gasteiger partial charge on any atom is 0.261 e. The van der Waals surface area contributed by atoms with Gasteiger partial charge in [0.2, 0.25) is 0 Å². The van der Waals surface area contributed by atoms with Crippen LogP contribution in [0, 0.1) is 0 Å². The van der Waals surface area contributed by atoms with E-state index in [2.05, 4.69) is 10.3 Å². The van der Waals surface area contributed by atoms with Gasteiger partial charge in [-0.15, -0.1) is 0 Å². The number of nitrogens with zero attached hydrogens (tertiary/aromatic N) is 1. The predicted octanol–water partition coefficient (Wildman–Crippen LogP) is 4.52. The molecule has 3 aromatic rings. The van der Waals surface area contributed by atoms with Crippen molar-refractivity contribution >= 4 is 11.7 Å². The number of aromatic nitrogens is 1. The Morgan fingerprint density at radius 2 is 1.76 bits per heavy atom. The summed E-state index contributed by atoms with van der Waals surface area (Å²) in [5.74, 6) is 1.32. The van der Waals surface area contributed by atoms with Gasteiger partial charge in [0.25, 0.3) is 5.91 Å². The zero-order valence-electron chi connectivity index (χ0n) is 19.2. The molecule has 7 heteroatoms. The number of hydrogen-bond donors (Lipinski definition) is 1. The van der Waals surface area contributed by atoms with Gasteiger partial charge >= 0.3 is 0 Å². The monoisotopic (exact) mass is 448 g/mol. The molecule has 0 bridgehead atoms. The van der Waals surface area contributed by atoms with Gasteiger partial charge in [0, 0.05) is 18.0 Å². The summed E-state index contributed by atoms with van der Waals surface area (Å²) in [6.45, 7) is 5.43. The minimum Gasteiger partial charge on any atom is -0.493 e. The highest BCUT2D eigenvalue weighted by Gasteiger charge is 2.19. The summed E-state index contributed by atoms with van der Waals surface area (Å²) in [7, 11) is 1.58. The van der Waals surface area contributed by atoms with Crippen molar-refractivity contribution in [3.8, 4) is 17.2 Å². The number of hydrogen-bond acceptors (Lipinski definition) is 6. The molecule has 0 saturated heterocycles. The molecule has 0 aliphatic rings. The molecule has 2 unspecified atom stereocenters. The summed E-state index contributed by atoms with van der Waals surface area (Å²) >= 11 is 0. The number of rotatable bonds is 10. The molecule has 1 amide bonds. The fraction of sp³-hybridized carbons (Fsp3) is 0.269. The van der Waals surface area contributed by atoms with Crippen LogP contribution in [0.2, 0.25) is 0 Å². The molecule has 1 N–H and O–H groups in total. The zero-order chi connectivity index (χ0) is 23.8. The molecule has 0 aliphatic carbocycles. The van der Waals surface area contributed by atoms with Crippen LogP contribution in [0.15, 0.2) is 67.0 Å². The summed E-state index contributed by atoms with van der Waals surface area (Å²) in [6, 6.07) is 15.8. The molecule has 0 aliphatic heterocycles. The SMILES string of the molecule is COc1cc(C(C)NC(=O)C(C)Oc2cccc(C(C)=O)c2)ccc1OCc1ccncc1. The number of carbonyl (C=O) groups is 2. The number of ketones is 1. The van der Waals surface area contributed by atoms with Crippen molar-refractivity contribution in [2.75, 3.05) is 7.11 Å². The molecular formula is C26H28N2O5. The van der Waals surface area contributed by atoms with Gasteiger partial charge in [0.15, 0.2) is 23.4 Å². The summed E-state index contributed by atoms with van der Waals surface area (Å²) < 4.78 is 17.1. The Labute approximate surface area is 193 Å². The van der Waals surface area contributed by atoms with E-state index in [0.717, 1.165) is 11.1 Å².